The van der Waals surface area contributed by atoms with Gasteiger partial charge in [0.15, 0.2) is 0 Å². The first kappa shape index (κ1) is 12.2. The minimum absolute atomic E-state index is 0.329. The molecular formula is C7H9ClO4S. The predicted molar refractivity (Wildman–Crippen MR) is 50.2 cm³/mol. The monoisotopic (exact) mass is 224 g/mol. The molecule has 0 heterocycles. The van der Waals surface area contributed by atoms with Crippen LogP contribution in [0.1, 0.15) is 5.56 Å². The van der Waals surface area contributed by atoms with Crippen LogP contribution in [0.25, 0.3) is 0 Å². The molecule has 0 saturated carbocycles. The van der Waals surface area contributed by atoms with Crippen molar-refractivity contribution >= 4 is 20.0 Å². The molecule has 0 spiro atoms. The van der Waals surface area contributed by atoms with Gasteiger partial charge in [0.05, 0.1) is 0 Å². The highest BCUT2D eigenvalue weighted by Crippen LogP contribution is 2.07. The van der Waals surface area contributed by atoms with E-state index in [0.29, 0.717) is 5.75 Å². The lowest BCUT2D eigenvalue weighted by Gasteiger charge is -1.89. The fraction of sp³-hybridized carbons (Fsp3) is 0.143. The summed E-state index contributed by atoms with van der Waals surface area (Å²) in [5.41, 5.74) is 1.17. The van der Waals surface area contributed by atoms with E-state index >= 15 is 0 Å². The predicted octanol–water partition coefficient (Wildman–Crippen LogP) is 1.73. The smallest absolute Gasteiger partial charge is 0.353 e. The zero-order chi connectivity index (χ0) is 10.5. The SMILES string of the molecule is Cc1ccc(O)cc1.O=S(=O)(O)Cl. The molecule has 0 amide bonds. The molecular weight excluding hydrogens is 216 g/mol. The number of hydrogen-bond acceptors (Lipinski definition) is 3. The van der Waals surface area contributed by atoms with Gasteiger partial charge in [0.2, 0.25) is 0 Å². The second-order valence-electron chi connectivity index (χ2n) is 2.25. The van der Waals surface area contributed by atoms with Crippen molar-refractivity contribution in [3.05, 3.63) is 29.8 Å². The molecule has 4 nitrogen and oxygen atoms in total. The van der Waals surface area contributed by atoms with Gasteiger partial charge < -0.3 is 5.11 Å². The van der Waals surface area contributed by atoms with E-state index in [4.69, 9.17) is 18.1 Å². The Bertz CT molecular complexity index is 314. The lowest BCUT2D eigenvalue weighted by Crippen LogP contribution is -1.77. The maximum Gasteiger partial charge on any atom is 0.353 e. The van der Waals surface area contributed by atoms with Crippen LogP contribution in [0.5, 0.6) is 5.75 Å². The highest BCUT2D eigenvalue weighted by molar-refractivity contribution is 8.09. The summed E-state index contributed by atoms with van der Waals surface area (Å²) >= 11 is 0. The van der Waals surface area contributed by atoms with Gasteiger partial charge in [-0.2, -0.15) is 8.42 Å². The van der Waals surface area contributed by atoms with Gasteiger partial charge >= 0.3 is 9.33 Å². The van der Waals surface area contributed by atoms with Crippen molar-refractivity contribution in [1.82, 2.24) is 0 Å². The Hall–Kier alpha value is -0.780. The fourth-order valence-electron chi connectivity index (χ4n) is 0.545. The number of hydrogen-bond donors (Lipinski definition) is 2. The number of halogens is 1. The maximum atomic E-state index is 8.95. The Morgan fingerprint density at radius 2 is 1.54 bits per heavy atom. The molecule has 0 unspecified atom stereocenters. The zero-order valence-corrected chi connectivity index (χ0v) is 8.38. The van der Waals surface area contributed by atoms with E-state index in [1.165, 1.54) is 5.56 Å². The molecule has 0 aromatic heterocycles. The van der Waals surface area contributed by atoms with Gasteiger partial charge in [-0.25, -0.2) is 0 Å². The lowest BCUT2D eigenvalue weighted by atomic mass is 10.2. The Labute approximate surface area is 81.0 Å². The Kier molecular flexibility index (Phi) is 4.76. The van der Waals surface area contributed by atoms with Crippen LogP contribution in [0.15, 0.2) is 24.3 Å². The molecule has 74 valence electrons. The quantitative estimate of drug-likeness (QED) is 0.520. The van der Waals surface area contributed by atoms with Crippen molar-refractivity contribution in [3.63, 3.8) is 0 Å². The molecule has 13 heavy (non-hydrogen) atoms. The lowest BCUT2D eigenvalue weighted by molar-refractivity contribution is 0.475. The zero-order valence-electron chi connectivity index (χ0n) is 6.81. The topological polar surface area (TPSA) is 74.6 Å². The summed E-state index contributed by atoms with van der Waals surface area (Å²) in [6.45, 7) is 1.99. The summed E-state index contributed by atoms with van der Waals surface area (Å²) in [5, 5.41) is 8.76. The van der Waals surface area contributed by atoms with Gasteiger partial charge in [0.25, 0.3) is 0 Å². The van der Waals surface area contributed by atoms with Gasteiger partial charge in [0, 0.05) is 10.7 Å². The third-order valence-corrected chi connectivity index (χ3v) is 1.03. The molecule has 6 heteroatoms. The van der Waals surface area contributed by atoms with Crippen LogP contribution in [0, 0.1) is 6.92 Å². The first-order valence-corrected chi connectivity index (χ1v) is 5.48. The van der Waals surface area contributed by atoms with E-state index in [-0.39, 0.29) is 0 Å². The van der Waals surface area contributed by atoms with E-state index in [1.54, 1.807) is 12.1 Å². The van der Waals surface area contributed by atoms with Gasteiger partial charge in [-0.05, 0) is 19.1 Å². The van der Waals surface area contributed by atoms with Crippen molar-refractivity contribution in [3.8, 4) is 5.75 Å². The van der Waals surface area contributed by atoms with Gasteiger partial charge in [0.1, 0.15) is 5.75 Å². The fourth-order valence-corrected chi connectivity index (χ4v) is 0.545. The molecule has 0 atom stereocenters. The van der Waals surface area contributed by atoms with Crippen molar-refractivity contribution in [2.24, 2.45) is 0 Å². The molecule has 0 bridgehead atoms. The second kappa shape index (κ2) is 5.06. The number of aryl methyl sites for hydroxylation is 1. The molecule has 0 radical (unpaired) electrons. The largest absolute Gasteiger partial charge is 0.508 e. The minimum Gasteiger partial charge on any atom is -0.508 e. The van der Waals surface area contributed by atoms with Crippen LogP contribution in [0.4, 0.5) is 0 Å². The van der Waals surface area contributed by atoms with E-state index in [1.807, 2.05) is 19.1 Å². The van der Waals surface area contributed by atoms with Crippen LogP contribution in [-0.2, 0) is 9.33 Å². The molecule has 1 rings (SSSR count). The molecule has 2 N–H and O–H groups in total. The summed E-state index contributed by atoms with van der Waals surface area (Å²) in [5.74, 6) is 0.329. The standard InChI is InChI=1S/C7H8O.ClHO3S/c1-6-2-4-7(8)5-3-6;1-5(2,3)4/h2-5,8H,1H3;(H,2,3,4). The van der Waals surface area contributed by atoms with E-state index in [9.17, 15) is 0 Å². The van der Waals surface area contributed by atoms with Crippen LogP contribution in [0.2, 0.25) is 0 Å². The van der Waals surface area contributed by atoms with Gasteiger partial charge in [-0.15, -0.1) is 0 Å². The molecule has 0 aliphatic heterocycles. The van der Waals surface area contributed by atoms with Crippen molar-refractivity contribution in [1.29, 1.82) is 0 Å². The molecule has 0 aliphatic rings. The summed E-state index contributed by atoms with van der Waals surface area (Å²) in [6, 6.07) is 7.09. The van der Waals surface area contributed by atoms with Crippen LogP contribution < -0.4 is 0 Å². The summed E-state index contributed by atoms with van der Waals surface area (Å²) in [6.07, 6.45) is 0. The number of aromatic hydroxyl groups is 1. The second-order valence-corrected chi connectivity index (χ2v) is 4.24. The number of rotatable bonds is 0. The Morgan fingerprint density at radius 1 is 1.23 bits per heavy atom. The number of phenolic OH excluding ortho intramolecular Hbond substituents is 1. The third kappa shape index (κ3) is 11.2. The molecule has 0 fully saturated rings. The average Bonchev–Trinajstić information content (AvgIpc) is 1.92. The van der Waals surface area contributed by atoms with Gasteiger partial charge in [-0.3, -0.25) is 4.55 Å². The van der Waals surface area contributed by atoms with Crippen LogP contribution in [-0.4, -0.2) is 18.1 Å². The van der Waals surface area contributed by atoms with Crippen molar-refractivity contribution < 1.29 is 18.1 Å². The highest BCUT2D eigenvalue weighted by Gasteiger charge is 1.86. The van der Waals surface area contributed by atoms with E-state index in [2.05, 4.69) is 10.7 Å². The van der Waals surface area contributed by atoms with Crippen molar-refractivity contribution in [2.45, 2.75) is 6.92 Å². The summed E-state index contributed by atoms with van der Waals surface area (Å²) in [7, 11) is -0.137. The van der Waals surface area contributed by atoms with Crippen molar-refractivity contribution in [2.75, 3.05) is 0 Å². The van der Waals surface area contributed by atoms with E-state index in [0.717, 1.165) is 0 Å². The minimum atomic E-state index is -4.19. The maximum absolute atomic E-state index is 8.95. The van der Waals surface area contributed by atoms with Gasteiger partial charge in [-0.1, -0.05) is 17.7 Å². The van der Waals surface area contributed by atoms with E-state index < -0.39 is 9.33 Å². The Morgan fingerprint density at radius 3 is 1.77 bits per heavy atom. The van der Waals surface area contributed by atoms with Crippen LogP contribution >= 0.6 is 10.7 Å². The molecule has 0 saturated heterocycles. The summed E-state index contributed by atoms with van der Waals surface area (Å²) < 4.78 is 25.2. The normalized spacial score (nSPS) is 10.1. The number of phenols is 1. The first-order valence-electron chi connectivity index (χ1n) is 3.22. The molecule has 1 aromatic rings. The molecule has 0 aliphatic carbocycles. The highest BCUT2D eigenvalue weighted by atomic mass is 35.7. The van der Waals surface area contributed by atoms with Crippen LogP contribution in [0.3, 0.4) is 0 Å². The summed E-state index contributed by atoms with van der Waals surface area (Å²) in [4.78, 5) is 0. The third-order valence-electron chi connectivity index (χ3n) is 1.03. The Balaban J connectivity index is 0.000000252. The number of benzene rings is 1. The first-order chi connectivity index (χ1) is 5.79. The molecule has 1 aromatic carbocycles. The average molecular weight is 225 g/mol.